The molecule has 0 saturated heterocycles. The smallest absolute Gasteiger partial charge is 0.270 e. The van der Waals surface area contributed by atoms with Crippen LogP contribution in [0.2, 0.25) is 5.02 Å². The summed E-state index contributed by atoms with van der Waals surface area (Å²) in [6.45, 7) is 0. The molecule has 0 radical (unpaired) electrons. The topological polar surface area (TPSA) is 116 Å². The summed E-state index contributed by atoms with van der Waals surface area (Å²) in [6, 6.07) is 3.58. The summed E-state index contributed by atoms with van der Waals surface area (Å²) in [4.78, 5) is 22.0. The van der Waals surface area contributed by atoms with Crippen molar-refractivity contribution in [2.24, 2.45) is 7.05 Å². The third kappa shape index (κ3) is 2.65. The van der Waals surface area contributed by atoms with E-state index < -0.39 is 10.8 Å². The van der Waals surface area contributed by atoms with Gasteiger partial charge in [0.1, 0.15) is 0 Å². The van der Waals surface area contributed by atoms with Gasteiger partial charge in [0, 0.05) is 19.2 Å². The molecule has 0 bridgehead atoms. The molecule has 0 atom stereocenters. The van der Waals surface area contributed by atoms with E-state index in [-0.39, 0.29) is 22.2 Å². The van der Waals surface area contributed by atoms with Crippen molar-refractivity contribution in [3.05, 3.63) is 38.9 Å². The maximum atomic E-state index is 11.9. The number of non-ortho nitro benzene ring substituents is 1. The number of nitro groups is 1. The zero-order chi connectivity index (χ0) is 14.0. The third-order valence-corrected chi connectivity index (χ3v) is 2.58. The van der Waals surface area contributed by atoms with Gasteiger partial charge >= 0.3 is 0 Å². The number of benzene rings is 1. The number of amides is 1. The van der Waals surface area contributed by atoms with Crippen LogP contribution in [0.25, 0.3) is 0 Å². The van der Waals surface area contributed by atoms with Crippen molar-refractivity contribution in [2.75, 3.05) is 5.32 Å². The second kappa shape index (κ2) is 4.98. The van der Waals surface area contributed by atoms with E-state index in [9.17, 15) is 14.9 Å². The molecule has 2 rings (SSSR count). The molecule has 9 nitrogen and oxygen atoms in total. The molecule has 0 aliphatic heterocycles. The largest absolute Gasteiger partial charge is 0.289 e. The van der Waals surface area contributed by atoms with Crippen molar-refractivity contribution in [2.45, 2.75) is 0 Å². The Bertz CT molecular complexity index is 655. The first kappa shape index (κ1) is 12.9. The van der Waals surface area contributed by atoms with E-state index in [4.69, 9.17) is 11.6 Å². The van der Waals surface area contributed by atoms with Gasteiger partial charge in [-0.1, -0.05) is 16.7 Å². The summed E-state index contributed by atoms with van der Waals surface area (Å²) in [5.41, 5.74) is -0.260. The molecule has 10 heteroatoms. The fourth-order valence-electron chi connectivity index (χ4n) is 1.31. The number of anilines is 1. The molecule has 1 heterocycles. The van der Waals surface area contributed by atoms with Gasteiger partial charge < -0.3 is 0 Å². The van der Waals surface area contributed by atoms with Gasteiger partial charge in [-0.15, -0.1) is 0 Å². The summed E-state index contributed by atoms with van der Waals surface area (Å²) >= 11 is 5.83. The Labute approximate surface area is 111 Å². The van der Waals surface area contributed by atoms with Crippen molar-refractivity contribution in [3.8, 4) is 0 Å². The minimum absolute atomic E-state index is 0.0288. The van der Waals surface area contributed by atoms with Crippen molar-refractivity contribution in [1.82, 2.24) is 20.2 Å². The van der Waals surface area contributed by atoms with Crippen LogP contribution in [0.4, 0.5) is 11.6 Å². The summed E-state index contributed by atoms with van der Waals surface area (Å²) in [7, 11) is 1.53. The van der Waals surface area contributed by atoms with Gasteiger partial charge in [0.15, 0.2) is 0 Å². The summed E-state index contributed by atoms with van der Waals surface area (Å²) < 4.78 is 1.24. The number of carbonyl (C=O) groups excluding carboxylic acids is 1. The molecule has 0 fully saturated rings. The van der Waals surface area contributed by atoms with Crippen LogP contribution in [0.1, 0.15) is 10.4 Å². The van der Waals surface area contributed by atoms with E-state index in [1.165, 1.54) is 23.9 Å². The van der Waals surface area contributed by atoms with E-state index in [1.54, 1.807) is 0 Å². The second-order valence-electron chi connectivity index (χ2n) is 3.50. The van der Waals surface area contributed by atoms with E-state index in [1.807, 2.05) is 0 Å². The van der Waals surface area contributed by atoms with Gasteiger partial charge in [-0.2, -0.15) is 0 Å². The van der Waals surface area contributed by atoms with Crippen LogP contribution in [-0.2, 0) is 7.05 Å². The van der Waals surface area contributed by atoms with Crippen LogP contribution >= 0.6 is 11.6 Å². The van der Waals surface area contributed by atoms with Crippen molar-refractivity contribution in [1.29, 1.82) is 0 Å². The molecule has 0 saturated carbocycles. The van der Waals surface area contributed by atoms with Gasteiger partial charge in [0.2, 0.25) is 5.95 Å². The fourth-order valence-corrected chi connectivity index (χ4v) is 1.51. The van der Waals surface area contributed by atoms with Crippen LogP contribution in [0.15, 0.2) is 18.2 Å². The highest BCUT2D eigenvalue weighted by molar-refractivity contribution is 6.34. The highest BCUT2D eigenvalue weighted by Gasteiger charge is 2.17. The lowest BCUT2D eigenvalue weighted by molar-refractivity contribution is -0.384. The van der Waals surface area contributed by atoms with Gasteiger partial charge in [-0.05, 0) is 16.5 Å². The van der Waals surface area contributed by atoms with Gasteiger partial charge in [-0.3, -0.25) is 20.2 Å². The lowest BCUT2D eigenvalue weighted by Crippen LogP contribution is -2.16. The Morgan fingerprint density at radius 2 is 2.26 bits per heavy atom. The van der Waals surface area contributed by atoms with E-state index in [0.29, 0.717) is 0 Å². The van der Waals surface area contributed by atoms with E-state index in [0.717, 1.165) is 6.07 Å². The first-order valence-corrected chi connectivity index (χ1v) is 5.34. The van der Waals surface area contributed by atoms with Crippen LogP contribution in [0.3, 0.4) is 0 Å². The lowest BCUT2D eigenvalue weighted by Gasteiger charge is -2.04. The highest BCUT2D eigenvalue weighted by atomic mass is 35.5. The minimum Gasteiger partial charge on any atom is -0.289 e. The minimum atomic E-state index is -0.633. The number of aromatic nitrogens is 4. The molecular formula is C9H7ClN6O3. The van der Waals surface area contributed by atoms with Crippen LogP contribution in [0, 0.1) is 10.1 Å². The molecule has 98 valence electrons. The third-order valence-electron chi connectivity index (χ3n) is 2.25. The Hall–Kier alpha value is -2.55. The van der Waals surface area contributed by atoms with Gasteiger partial charge in [-0.25, -0.2) is 4.68 Å². The maximum Gasteiger partial charge on any atom is 0.270 e. The summed E-state index contributed by atoms with van der Waals surface area (Å²) in [6.07, 6.45) is 0. The fraction of sp³-hybridized carbons (Fsp3) is 0.111. The molecule has 1 N–H and O–H groups in total. The Kier molecular flexibility index (Phi) is 3.38. The molecule has 0 spiro atoms. The number of aryl methyl sites for hydroxylation is 1. The molecule has 19 heavy (non-hydrogen) atoms. The quantitative estimate of drug-likeness (QED) is 0.664. The zero-order valence-corrected chi connectivity index (χ0v) is 10.3. The van der Waals surface area contributed by atoms with Crippen molar-refractivity contribution in [3.63, 3.8) is 0 Å². The lowest BCUT2D eigenvalue weighted by atomic mass is 10.2. The first-order chi connectivity index (χ1) is 8.99. The number of nitro benzene ring substituents is 1. The molecule has 2 aromatic rings. The number of tetrazole rings is 1. The monoisotopic (exact) mass is 282 g/mol. The summed E-state index contributed by atoms with van der Waals surface area (Å²) in [5, 5.41) is 23.6. The van der Waals surface area contributed by atoms with Crippen LogP contribution in [0.5, 0.6) is 0 Å². The molecular weight excluding hydrogens is 276 g/mol. The van der Waals surface area contributed by atoms with Gasteiger partial charge in [0.25, 0.3) is 11.6 Å². The molecule has 1 aromatic carbocycles. The predicted octanol–water partition coefficient (Wildman–Crippen LogP) is 1.02. The average molecular weight is 283 g/mol. The number of carbonyl (C=O) groups is 1. The molecule has 0 unspecified atom stereocenters. The molecule has 0 aliphatic rings. The number of nitrogens with one attached hydrogen (secondary N) is 1. The normalized spacial score (nSPS) is 10.2. The second-order valence-corrected chi connectivity index (χ2v) is 3.91. The number of nitrogens with zero attached hydrogens (tertiary/aromatic N) is 5. The molecule has 1 aromatic heterocycles. The average Bonchev–Trinajstić information content (AvgIpc) is 2.75. The van der Waals surface area contributed by atoms with Crippen LogP contribution in [-0.4, -0.2) is 31.0 Å². The number of hydrogen-bond acceptors (Lipinski definition) is 6. The van der Waals surface area contributed by atoms with E-state index >= 15 is 0 Å². The maximum absolute atomic E-state index is 11.9. The van der Waals surface area contributed by atoms with Gasteiger partial charge in [0.05, 0.1) is 15.5 Å². The Balaban J connectivity index is 2.31. The number of halogens is 1. The van der Waals surface area contributed by atoms with Crippen molar-refractivity contribution < 1.29 is 9.72 Å². The van der Waals surface area contributed by atoms with Crippen LogP contribution < -0.4 is 5.32 Å². The van der Waals surface area contributed by atoms with E-state index in [2.05, 4.69) is 20.8 Å². The van der Waals surface area contributed by atoms with Crippen molar-refractivity contribution >= 4 is 29.1 Å². The SMILES string of the molecule is Cn1nnnc1NC(=O)c1cc([N+](=O)[O-])ccc1Cl. The molecule has 1 amide bonds. The zero-order valence-electron chi connectivity index (χ0n) is 9.57. The number of rotatable bonds is 3. The first-order valence-electron chi connectivity index (χ1n) is 4.96. The Morgan fingerprint density at radius 3 is 2.84 bits per heavy atom. The number of hydrogen-bond donors (Lipinski definition) is 1. The predicted molar refractivity (Wildman–Crippen MR) is 64.9 cm³/mol. The Morgan fingerprint density at radius 1 is 1.53 bits per heavy atom. The highest BCUT2D eigenvalue weighted by Crippen LogP contribution is 2.22. The summed E-state index contributed by atoms with van der Waals surface area (Å²) in [5.74, 6) is -0.529. The molecule has 0 aliphatic carbocycles. The standard InChI is InChI=1S/C9H7ClN6O3/c1-15-9(12-13-14-15)11-8(17)6-4-5(16(18)19)2-3-7(6)10/h2-4H,1H3,(H,11,12,14,17).